The predicted octanol–water partition coefficient (Wildman–Crippen LogP) is 4.37. The van der Waals surface area contributed by atoms with Gasteiger partial charge in [0.15, 0.2) is 0 Å². The zero-order chi connectivity index (χ0) is 19.7. The molecule has 0 unspecified atom stereocenters. The number of halogens is 1. The molecular formula is C23H28FN3O. The first kappa shape index (κ1) is 18.9. The van der Waals surface area contributed by atoms with Crippen LogP contribution in [0.25, 0.3) is 0 Å². The number of amides is 1. The number of alkyl halides is 1. The number of benzene rings is 2. The minimum atomic E-state index is -0.665. The Morgan fingerprint density at radius 2 is 1.82 bits per heavy atom. The highest BCUT2D eigenvalue weighted by Gasteiger charge is 2.30. The number of hydrogen-bond acceptors (Lipinski definition) is 3. The lowest BCUT2D eigenvalue weighted by Crippen LogP contribution is -2.47. The van der Waals surface area contributed by atoms with Crippen molar-refractivity contribution in [2.75, 3.05) is 36.1 Å². The zero-order valence-corrected chi connectivity index (χ0v) is 16.7. The van der Waals surface area contributed by atoms with E-state index in [2.05, 4.69) is 28.9 Å². The van der Waals surface area contributed by atoms with Gasteiger partial charge in [-0.15, -0.1) is 0 Å². The molecule has 2 aliphatic rings. The third-order valence-electron chi connectivity index (χ3n) is 5.90. The van der Waals surface area contributed by atoms with Gasteiger partial charge < -0.3 is 4.90 Å². The average Bonchev–Trinajstić information content (AvgIpc) is 2.71. The summed E-state index contributed by atoms with van der Waals surface area (Å²) in [5.41, 5.74) is 4.94. The minimum Gasteiger partial charge on any atom is -0.353 e. The molecule has 0 aromatic heterocycles. The van der Waals surface area contributed by atoms with Gasteiger partial charge in [-0.1, -0.05) is 24.3 Å². The third-order valence-corrected chi connectivity index (χ3v) is 5.90. The van der Waals surface area contributed by atoms with Crippen LogP contribution in [0.4, 0.5) is 15.8 Å². The molecule has 1 saturated heterocycles. The average molecular weight is 381 g/mol. The Kier molecular flexibility index (Phi) is 5.36. The number of piperidine rings is 1. The number of para-hydroxylation sites is 1. The van der Waals surface area contributed by atoms with Crippen LogP contribution >= 0.6 is 0 Å². The molecule has 2 aliphatic heterocycles. The van der Waals surface area contributed by atoms with Crippen molar-refractivity contribution in [2.24, 2.45) is 0 Å². The Labute approximate surface area is 166 Å². The smallest absolute Gasteiger partial charge is 0.261 e. The summed E-state index contributed by atoms with van der Waals surface area (Å²) in [6.45, 7) is 7.89. The van der Waals surface area contributed by atoms with Gasteiger partial charge in [0.25, 0.3) is 5.91 Å². The van der Waals surface area contributed by atoms with Crippen molar-refractivity contribution in [3.63, 3.8) is 0 Å². The number of nitrogens with zero attached hydrogens (tertiary/aromatic N) is 3. The van der Waals surface area contributed by atoms with Gasteiger partial charge in [0.1, 0.15) is 6.17 Å². The zero-order valence-electron chi connectivity index (χ0n) is 16.7. The first-order valence-corrected chi connectivity index (χ1v) is 10.2. The number of hydrogen-bond donors (Lipinski definition) is 0. The van der Waals surface area contributed by atoms with Crippen LogP contribution in [0.15, 0.2) is 42.5 Å². The van der Waals surface area contributed by atoms with E-state index >= 15 is 0 Å². The first-order valence-electron chi connectivity index (χ1n) is 10.2. The molecule has 4 rings (SSSR count). The molecule has 0 saturated carbocycles. The first-order chi connectivity index (χ1) is 13.6. The van der Waals surface area contributed by atoms with Crippen LogP contribution in [0.2, 0.25) is 0 Å². The fraction of sp³-hybridized carbons (Fsp3) is 0.435. The van der Waals surface area contributed by atoms with Crippen molar-refractivity contribution in [2.45, 2.75) is 39.4 Å². The van der Waals surface area contributed by atoms with Crippen molar-refractivity contribution in [3.8, 4) is 0 Å². The molecular weight excluding hydrogens is 353 g/mol. The molecule has 1 amide bonds. The maximum absolute atomic E-state index is 13.4. The summed E-state index contributed by atoms with van der Waals surface area (Å²) in [4.78, 5) is 19.7. The van der Waals surface area contributed by atoms with E-state index in [-0.39, 0.29) is 5.91 Å². The van der Waals surface area contributed by atoms with Crippen LogP contribution in [0.3, 0.4) is 0 Å². The van der Waals surface area contributed by atoms with Crippen molar-refractivity contribution < 1.29 is 9.18 Å². The minimum absolute atomic E-state index is 0.0540. The Hall–Kier alpha value is -2.40. The SMILES string of the molecule is CCN1CN(c2ccccc2C)C(=O)c2cc(CN3CCC(F)CC3)ccc21. The number of anilines is 2. The molecule has 2 aromatic carbocycles. The fourth-order valence-electron chi connectivity index (χ4n) is 4.23. The third kappa shape index (κ3) is 3.63. The van der Waals surface area contributed by atoms with E-state index in [0.717, 1.165) is 54.2 Å². The summed E-state index contributed by atoms with van der Waals surface area (Å²) >= 11 is 0. The summed E-state index contributed by atoms with van der Waals surface area (Å²) in [5.74, 6) is 0.0540. The van der Waals surface area contributed by atoms with E-state index < -0.39 is 6.17 Å². The Morgan fingerprint density at radius 1 is 1.07 bits per heavy atom. The molecule has 148 valence electrons. The number of fused-ring (bicyclic) bond motifs is 1. The summed E-state index contributed by atoms with van der Waals surface area (Å²) in [6.07, 6.45) is 0.547. The van der Waals surface area contributed by atoms with Crippen molar-refractivity contribution >= 4 is 17.3 Å². The van der Waals surface area contributed by atoms with Gasteiger partial charge in [0, 0.05) is 31.9 Å². The molecule has 0 radical (unpaired) electrons. The van der Waals surface area contributed by atoms with E-state index in [1.54, 1.807) is 0 Å². The Morgan fingerprint density at radius 3 is 2.54 bits per heavy atom. The largest absolute Gasteiger partial charge is 0.353 e. The van der Waals surface area contributed by atoms with Crippen molar-refractivity contribution in [1.82, 2.24) is 4.90 Å². The highest BCUT2D eigenvalue weighted by Crippen LogP contribution is 2.32. The number of likely N-dealkylation sites (tertiary alicyclic amines) is 1. The second-order valence-corrected chi connectivity index (χ2v) is 7.82. The van der Waals surface area contributed by atoms with Gasteiger partial charge in [-0.25, -0.2) is 4.39 Å². The highest BCUT2D eigenvalue weighted by molar-refractivity contribution is 6.12. The van der Waals surface area contributed by atoms with Crippen molar-refractivity contribution in [1.29, 1.82) is 0 Å². The molecule has 0 atom stereocenters. The van der Waals surface area contributed by atoms with Crippen LogP contribution in [0, 0.1) is 6.92 Å². The molecule has 0 aliphatic carbocycles. The molecule has 0 spiro atoms. The predicted molar refractivity (Wildman–Crippen MR) is 112 cm³/mol. The maximum Gasteiger partial charge on any atom is 0.261 e. The Balaban J connectivity index is 1.63. The molecule has 28 heavy (non-hydrogen) atoms. The maximum atomic E-state index is 13.4. The van der Waals surface area contributed by atoms with Crippen LogP contribution in [-0.2, 0) is 6.54 Å². The molecule has 2 aromatic rings. The van der Waals surface area contributed by atoms with Gasteiger partial charge in [-0.05, 0) is 56.0 Å². The fourth-order valence-corrected chi connectivity index (χ4v) is 4.23. The summed E-state index contributed by atoms with van der Waals surface area (Å²) in [5, 5.41) is 0. The summed E-state index contributed by atoms with van der Waals surface area (Å²) in [7, 11) is 0. The van der Waals surface area contributed by atoms with Gasteiger partial charge in [0.2, 0.25) is 0 Å². The quantitative estimate of drug-likeness (QED) is 0.787. The van der Waals surface area contributed by atoms with E-state index in [9.17, 15) is 9.18 Å². The summed E-state index contributed by atoms with van der Waals surface area (Å²) < 4.78 is 13.4. The molecule has 1 fully saturated rings. The van der Waals surface area contributed by atoms with Crippen LogP contribution < -0.4 is 9.80 Å². The van der Waals surface area contributed by atoms with Gasteiger partial charge >= 0.3 is 0 Å². The lowest BCUT2D eigenvalue weighted by molar-refractivity contribution is 0.0982. The molecule has 0 N–H and O–H groups in total. The topological polar surface area (TPSA) is 26.8 Å². The molecule has 4 nitrogen and oxygen atoms in total. The number of aryl methyl sites for hydroxylation is 1. The van der Waals surface area contributed by atoms with E-state index in [4.69, 9.17) is 0 Å². The van der Waals surface area contributed by atoms with Crippen LogP contribution in [0.1, 0.15) is 41.3 Å². The van der Waals surface area contributed by atoms with E-state index in [1.165, 1.54) is 0 Å². The number of carbonyl (C=O) groups excluding carboxylic acids is 1. The number of rotatable bonds is 4. The van der Waals surface area contributed by atoms with Crippen LogP contribution in [0.5, 0.6) is 0 Å². The van der Waals surface area contributed by atoms with Gasteiger partial charge in [-0.3, -0.25) is 14.6 Å². The number of carbonyl (C=O) groups is 1. The van der Waals surface area contributed by atoms with E-state index in [1.807, 2.05) is 42.2 Å². The van der Waals surface area contributed by atoms with E-state index in [0.29, 0.717) is 19.5 Å². The normalized spacial score (nSPS) is 18.5. The second-order valence-electron chi connectivity index (χ2n) is 7.82. The monoisotopic (exact) mass is 381 g/mol. The standard InChI is InChI=1S/C23H28FN3O/c1-3-26-16-27(21-7-5-4-6-17(21)2)23(28)20-14-18(8-9-22(20)26)15-25-12-10-19(24)11-13-25/h4-9,14,19H,3,10-13,15-16H2,1-2H3. The lowest BCUT2D eigenvalue weighted by atomic mass is 10.0. The van der Waals surface area contributed by atoms with Gasteiger partial charge in [0.05, 0.1) is 17.9 Å². The Bertz CT molecular complexity index is 861. The highest BCUT2D eigenvalue weighted by atomic mass is 19.1. The summed E-state index contributed by atoms with van der Waals surface area (Å²) in [6, 6.07) is 14.2. The second kappa shape index (κ2) is 7.92. The molecule has 2 heterocycles. The van der Waals surface area contributed by atoms with Gasteiger partial charge in [-0.2, -0.15) is 0 Å². The molecule has 5 heteroatoms. The molecule has 0 bridgehead atoms. The lowest BCUT2D eigenvalue weighted by Gasteiger charge is -2.38. The van der Waals surface area contributed by atoms with Crippen molar-refractivity contribution in [3.05, 3.63) is 59.2 Å². The van der Waals surface area contributed by atoms with Crippen LogP contribution in [-0.4, -0.2) is 43.3 Å².